The Morgan fingerprint density at radius 1 is 1.35 bits per heavy atom. The lowest BCUT2D eigenvalue weighted by Gasteiger charge is -2.12. The fourth-order valence-electron chi connectivity index (χ4n) is 2.08. The first kappa shape index (κ1) is 15.6. The van der Waals surface area contributed by atoms with Crippen molar-refractivity contribution in [2.24, 2.45) is 0 Å². The highest BCUT2D eigenvalue weighted by molar-refractivity contribution is 8.26. The summed E-state index contributed by atoms with van der Waals surface area (Å²) in [6.45, 7) is 0.0702. The van der Waals surface area contributed by atoms with Crippen LogP contribution >= 0.6 is 24.0 Å². The first-order chi connectivity index (χ1) is 11.0. The molecule has 2 aromatic rings. The predicted octanol–water partition coefficient (Wildman–Crippen LogP) is 2.31. The van der Waals surface area contributed by atoms with Crippen LogP contribution in [0, 0.1) is 0 Å². The van der Waals surface area contributed by atoms with Crippen molar-refractivity contribution < 1.29 is 14.7 Å². The first-order valence-electron chi connectivity index (χ1n) is 6.73. The summed E-state index contributed by atoms with van der Waals surface area (Å²) in [7, 11) is 0. The van der Waals surface area contributed by atoms with Gasteiger partial charge in [-0.05, 0) is 18.2 Å². The number of hydrogen-bond acceptors (Lipinski definition) is 6. The van der Waals surface area contributed by atoms with E-state index in [4.69, 9.17) is 17.3 Å². The van der Waals surface area contributed by atoms with Crippen LogP contribution in [0.3, 0.4) is 0 Å². The van der Waals surface area contributed by atoms with E-state index in [-0.39, 0.29) is 18.9 Å². The molecule has 1 aliphatic rings. The highest BCUT2D eigenvalue weighted by Gasteiger charge is 2.32. The van der Waals surface area contributed by atoms with Crippen LogP contribution in [0.15, 0.2) is 35.4 Å². The van der Waals surface area contributed by atoms with Crippen molar-refractivity contribution in [3.8, 4) is 0 Å². The standard InChI is InChI=1S/C15H11N3O3S2/c19-13(20)5-6-18-14(21)12(23-15(18)22)7-9-8-16-10-3-1-2-4-11(10)17-9/h1-4,7-8H,5-6H2,(H,19,20)/b12-7+. The van der Waals surface area contributed by atoms with Crippen LogP contribution in [0.2, 0.25) is 0 Å². The number of para-hydroxylation sites is 2. The number of amides is 1. The van der Waals surface area contributed by atoms with Crippen molar-refractivity contribution in [1.82, 2.24) is 14.9 Å². The summed E-state index contributed by atoms with van der Waals surface area (Å²) in [6, 6.07) is 7.45. The second-order valence-corrected chi connectivity index (χ2v) is 6.44. The number of thioether (sulfide) groups is 1. The summed E-state index contributed by atoms with van der Waals surface area (Å²) >= 11 is 6.28. The van der Waals surface area contributed by atoms with E-state index >= 15 is 0 Å². The number of thiocarbonyl (C=S) groups is 1. The molecule has 0 unspecified atom stereocenters. The molecule has 23 heavy (non-hydrogen) atoms. The number of benzene rings is 1. The summed E-state index contributed by atoms with van der Waals surface area (Å²) in [6.07, 6.45) is 3.07. The molecule has 1 aromatic carbocycles. The maximum Gasteiger partial charge on any atom is 0.305 e. The molecule has 0 spiro atoms. The number of carboxylic acids is 1. The maximum atomic E-state index is 12.3. The highest BCUT2D eigenvalue weighted by atomic mass is 32.2. The van der Waals surface area contributed by atoms with Crippen LogP contribution in [0.5, 0.6) is 0 Å². The van der Waals surface area contributed by atoms with Crippen molar-refractivity contribution in [2.45, 2.75) is 6.42 Å². The number of aromatic nitrogens is 2. The molecule has 1 fully saturated rings. The normalized spacial score (nSPS) is 16.5. The van der Waals surface area contributed by atoms with E-state index in [0.29, 0.717) is 14.9 Å². The van der Waals surface area contributed by atoms with Gasteiger partial charge in [0.15, 0.2) is 0 Å². The molecule has 1 saturated heterocycles. The van der Waals surface area contributed by atoms with E-state index in [1.54, 1.807) is 12.3 Å². The first-order valence-corrected chi connectivity index (χ1v) is 7.96. The number of carbonyl (C=O) groups is 2. The zero-order valence-electron chi connectivity index (χ0n) is 11.8. The van der Waals surface area contributed by atoms with Crippen molar-refractivity contribution in [2.75, 3.05) is 6.54 Å². The molecule has 3 rings (SSSR count). The fraction of sp³-hybridized carbons (Fsp3) is 0.133. The molecule has 2 heterocycles. The Hall–Kier alpha value is -2.32. The van der Waals surface area contributed by atoms with Crippen molar-refractivity contribution in [3.63, 3.8) is 0 Å². The van der Waals surface area contributed by atoms with Gasteiger partial charge in [0.05, 0.1) is 34.3 Å². The molecule has 0 radical (unpaired) electrons. The van der Waals surface area contributed by atoms with Gasteiger partial charge in [0.25, 0.3) is 5.91 Å². The third-order valence-electron chi connectivity index (χ3n) is 3.17. The third-order valence-corrected chi connectivity index (χ3v) is 4.55. The molecule has 0 bridgehead atoms. The van der Waals surface area contributed by atoms with Crippen LogP contribution in [0.4, 0.5) is 0 Å². The number of aliphatic carboxylic acids is 1. The van der Waals surface area contributed by atoms with Gasteiger partial charge in [0.1, 0.15) is 4.32 Å². The molecule has 1 N–H and O–H groups in total. The predicted molar refractivity (Wildman–Crippen MR) is 91.7 cm³/mol. The van der Waals surface area contributed by atoms with E-state index in [2.05, 4.69) is 9.97 Å². The Bertz CT molecular complexity index is 851. The Balaban J connectivity index is 1.85. The average molecular weight is 345 g/mol. The summed E-state index contributed by atoms with van der Waals surface area (Å²) in [5, 5.41) is 8.73. The number of carboxylic acid groups (broad SMARTS) is 1. The summed E-state index contributed by atoms with van der Waals surface area (Å²) in [5.74, 6) is -1.26. The zero-order chi connectivity index (χ0) is 16.4. The van der Waals surface area contributed by atoms with Crippen LogP contribution in [-0.4, -0.2) is 42.7 Å². The van der Waals surface area contributed by atoms with Gasteiger partial charge in [-0.15, -0.1) is 0 Å². The smallest absolute Gasteiger partial charge is 0.305 e. The molecule has 6 nitrogen and oxygen atoms in total. The Morgan fingerprint density at radius 3 is 2.83 bits per heavy atom. The average Bonchev–Trinajstić information content (AvgIpc) is 2.79. The topological polar surface area (TPSA) is 83.4 Å². The molecule has 0 saturated carbocycles. The summed E-state index contributed by atoms with van der Waals surface area (Å²) in [4.78, 5) is 33.4. The van der Waals surface area contributed by atoms with Crippen molar-refractivity contribution in [1.29, 1.82) is 0 Å². The molecule has 116 valence electrons. The molecular weight excluding hydrogens is 334 g/mol. The van der Waals surface area contributed by atoms with E-state index in [9.17, 15) is 9.59 Å². The Morgan fingerprint density at radius 2 is 2.09 bits per heavy atom. The zero-order valence-corrected chi connectivity index (χ0v) is 13.4. The lowest BCUT2D eigenvalue weighted by Crippen LogP contribution is -2.30. The molecule has 1 aliphatic heterocycles. The van der Waals surface area contributed by atoms with Gasteiger partial charge >= 0.3 is 5.97 Å². The molecule has 0 aliphatic carbocycles. The second-order valence-electron chi connectivity index (χ2n) is 4.76. The van der Waals surface area contributed by atoms with Crippen LogP contribution in [0.25, 0.3) is 17.1 Å². The van der Waals surface area contributed by atoms with Gasteiger partial charge < -0.3 is 5.11 Å². The van der Waals surface area contributed by atoms with Gasteiger partial charge in [-0.1, -0.05) is 36.1 Å². The van der Waals surface area contributed by atoms with Gasteiger partial charge in [-0.25, -0.2) is 4.98 Å². The Labute approximate surface area is 141 Å². The summed E-state index contributed by atoms with van der Waals surface area (Å²) < 4.78 is 0.358. The van der Waals surface area contributed by atoms with Gasteiger partial charge in [0.2, 0.25) is 0 Å². The SMILES string of the molecule is O=C(O)CCN1C(=O)/C(=C\c2cnc3ccccc3n2)SC1=S. The third kappa shape index (κ3) is 3.38. The number of carbonyl (C=O) groups excluding carboxylic acids is 1. The van der Waals surface area contributed by atoms with E-state index < -0.39 is 5.97 Å². The van der Waals surface area contributed by atoms with Crippen LogP contribution < -0.4 is 0 Å². The van der Waals surface area contributed by atoms with Crippen LogP contribution in [0.1, 0.15) is 12.1 Å². The lowest BCUT2D eigenvalue weighted by atomic mass is 10.3. The number of nitrogens with zero attached hydrogens (tertiary/aromatic N) is 3. The fourth-order valence-corrected chi connectivity index (χ4v) is 3.37. The minimum absolute atomic E-state index is 0.0702. The molecular formula is C15H11N3O3S2. The van der Waals surface area contributed by atoms with Gasteiger partial charge in [-0.2, -0.15) is 0 Å². The lowest BCUT2D eigenvalue weighted by molar-refractivity contribution is -0.137. The summed E-state index contributed by atoms with van der Waals surface area (Å²) in [5.41, 5.74) is 2.07. The van der Waals surface area contributed by atoms with E-state index in [1.165, 1.54) is 4.90 Å². The molecule has 1 amide bonds. The number of hydrogen-bond donors (Lipinski definition) is 1. The molecule has 0 atom stereocenters. The van der Waals surface area contributed by atoms with Crippen molar-refractivity contribution >= 4 is 57.3 Å². The minimum atomic E-state index is -0.969. The monoisotopic (exact) mass is 345 g/mol. The van der Waals surface area contributed by atoms with Gasteiger partial charge in [-0.3, -0.25) is 19.5 Å². The molecule has 8 heteroatoms. The number of fused-ring (bicyclic) bond motifs is 1. The second kappa shape index (κ2) is 6.43. The quantitative estimate of drug-likeness (QED) is 0.672. The van der Waals surface area contributed by atoms with Crippen LogP contribution in [-0.2, 0) is 9.59 Å². The van der Waals surface area contributed by atoms with Crippen molar-refractivity contribution in [3.05, 3.63) is 41.1 Å². The molecule has 1 aromatic heterocycles. The van der Waals surface area contributed by atoms with E-state index in [0.717, 1.165) is 22.8 Å². The highest BCUT2D eigenvalue weighted by Crippen LogP contribution is 2.32. The minimum Gasteiger partial charge on any atom is -0.481 e. The van der Waals surface area contributed by atoms with E-state index in [1.807, 2.05) is 24.3 Å². The maximum absolute atomic E-state index is 12.3. The largest absolute Gasteiger partial charge is 0.481 e. The van der Waals surface area contributed by atoms with Gasteiger partial charge in [0, 0.05) is 6.54 Å². The Kier molecular flexibility index (Phi) is 4.35. The number of rotatable bonds is 4.